The Labute approximate surface area is 221 Å². The molecule has 2 aromatic rings. The van der Waals surface area contributed by atoms with Gasteiger partial charge in [-0.3, -0.25) is 4.90 Å². The average Bonchev–Trinajstić information content (AvgIpc) is 3.65. The van der Waals surface area contributed by atoms with Gasteiger partial charge in [0.05, 0.1) is 23.0 Å². The number of likely N-dealkylation sites (tertiary alicyclic amines) is 1. The van der Waals surface area contributed by atoms with Crippen LogP contribution in [0.15, 0.2) is 18.5 Å². The fourth-order valence-electron chi connectivity index (χ4n) is 6.32. The van der Waals surface area contributed by atoms with E-state index in [0.717, 1.165) is 43.3 Å². The highest BCUT2D eigenvalue weighted by Crippen LogP contribution is 2.53. The van der Waals surface area contributed by atoms with Crippen LogP contribution in [-0.4, -0.2) is 95.5 Å². The topological polar surface area (TPSA) is 76.2 Å². The smallest absolute Gasteiger partial charge is 0.367 e. The zero-order valence-corrected chi connectivity index (χ0v) is 22.3. The molecule has 12 heteroatoms. The summed E-state index contributed by atoms with van der Waals surface area (Å²) in [4.78, 5) is 22.1. The number of pyridine rings is 1. The highest BCUT2D eigenvalue weighted by atomic mass is 19.4. The molecule has 38 heavy (non-hydrogen) atoms. The number of ether oxygens (including phenoxy) is 1. The minimum atomic E-state index is -4.51. The van der Waals surface area contributed by atoms with Crippen molar-refractivity contribution < 1.29 is 17.9 Å². The van der Waals surface area contributed by atoms with E-state index in [1.165, 1.54) is 6.20 Å². The van der Waals surface area contributed by atoms with E-state index in [9.17, 15) is 13.2 Å². The van der Waals surface area contributed by atoms with Gasteiger partial charge in [0, 0.05) is 56.9 Å². The second kappa shape index (κ2) is 9.20. The van der Waals surface area contributed by atoms with Gasteiger partial charge in [-0.25, -0.2) is 9.97 Å². The maximum absolute atomic E-state index is 14.1. The molecule has 4 aliphatic heterocycles. The van der Waals surface area contributed by atoms with E-state index < -0.39 is 11.7 Å². The highest BCUT2D eigenvalue weighted by Gasteiger charge is 2.65. The molecule has 2 aromatic heterocycles. The van der Waals surface area contributed by atoms with Crippen LogP contribution in [0, 0.1) is 0 Å². The van der Waals surface area contributed by atoms with E-state index in [1.54, 1.807) is 11.1 Å². The second-order valence-electron chi connectivity index (χ2n) is 11.1. The van der Waals surface area contributed by atoms with Gasteiger partial charge < -0.3 is 24.8 Å². The van der Waals surface area contributed by atoms with Crippen molar-refractivity contribution >= 4 is 23.3 Å². The van der Waals surface area contributed by atoms with Crippen molar-refractivity contribution in [3.63, 3.8) is 0 Å². The van der Waals surface area contributed by atoms with Crippen LogP contribution >= 0.6 is 0 Å². The Bertz CT molecular complexity index is 1200. The number of alkyl halides is 3. The van der Waals surface area contributed by atoms with Crippen LogP contribution in [0.25, 0.3) is 0 Å². The maximum Gasteiger partial charge on any atom is 0.418 e. The zero-order valence-electron chi connectivity index (χ0n) is 22.3. The number of nitrogens with one attached hydrogen (secondary N) is 1. The third-order valence-corrected chi connectivity index (χ3v) is 8.68. The average molecular weight is 533 g/mol. The molecule has 6 heterocycles. The number of fused-ring (bicyclic) bond motifs is 3. The predicted molar refractivity (Wildman–Crippen MR) is 139 cm³/mol. The molecule has 206 valence electrons. The Kier molecular flexibility index (Phi) is 6.19. The van der Waals surface area contributed by atoms with Crippen LogP contribution in [0.3, 0.4) is 0 Å². The standard InChI is InChI=1S/C26H35F3N8O/c1-5-16(2)37-22-17(13-25(37)6-7-35(4)23-21(25)38-23)14-31-24(33-22)32-20-12-18(26(27,28)29)19(15-30-20)36-10-8-34(3)9-11-36/h12,14-16,21,23H,5-11,13H2,1-4H3,(H,30,31,32,33). The van der Waals surface area contributed by atoms with Gasteiger partial charge >= 0.3 is 6.18 Å². The van der Waals surface area contributed by atoms with Gasteiger partial charge in [-0.1, -0.05) is 6.92 Å². The van der Waals surface area contributed by atoms with Crippen molar-refractivity contribution in [2.45, 2.75) is 63.2 Å². The highest BCUT2D eigenvalue weighted by molar-refractivity contribution is 5.64. The number of hydrogen-bond acceptors (Lipinski definition) is 9. The molecule has 4 unspecified atom stereocenters. The van der Waals surface area contributed by atoms with E-state index >= 15 is 0 Å². The molecule has 1 spiro atoms. The van der Waals surface area contributed by atoms with Crippen molar-refractivity contribution in [3.05, 3.63) is 29.6 Å². The molecular weight excluding hydrogens is 497 g/mol. The van der Waals surface area contributed by atoms with Crippen LogP contribution in [0.2, 0.25) is 0 Å². The largest absolute Gasteiger partial charge is 0.418 e. The number of piperidine rings is 1. The Balaban J connectivity index is 1.29. The molecular formula is C26H35F3N8O. The molecule has 0 bridgehead atoms. The number of likely N-dealkylation sites (N-methyl/N-ethyl adjacent to an activating group) is 2. The first kappa shape index (κ1) is 25.6. The zero-order chi connectivity index (χ0) is 26.8. The SMILES string of the molecule is CCC(C)N1c2nc(Nc3cc(C(F)(F)F)c(N4CCN(C)CC4)cn3)ncc2CC12CCN(C)C1OC12. The maximum atomic E-state index is 14.1. The lowest BCUT2D eigenvalue weighted by Crippen LogP contribution is -2.60. The van der Waals surface area contributed by atoms with Crippen LogP contribution in [0.1, 0.15) is 37.8 Å². The van der Waals surface area contributed by atoms with Gasteiger partial charge in [0.15, 0.2) is 0 Å². The lowest BCUT2D eigenvalue weighted by atomic mass is 9.83. The lowest BCUT2D eigenvalue weighted by molar-refractivity contribution is -0.137. The molecule has 9 nitrogen and oxygen atoms in total. The molecule has 3 fully saturated rings. The summed E-state index contributed by atoms with van der Waals surface area (Å²) in [5.74, 6) is 1.15. The van der Waals surface area contributed by atoms with Crippen LogP contribution < -0.4 is 15.1 Å². The first-order valence-corrected chi connectivity index (χ1v) is 13.4. The Hall–Kier alpha value is -2.70. The van der Waals surface area contributed by atoms with Gasteiger partial charge in [-0.2, -0.15) is 18.2 Å². The fourth-order valence-corrected chi connectivity index (χ4v) is 6.32. The van der Waals surface area contributed by atoms with Gasteiger partial charge in [0.25, 0.3) is 0 Å². The number of anilines is 4. The predicted octanol–water partition coefficient (Wildman–Crippen LogP) is 3.35. The van der Waals surface area contributed by atoms with E-state index in [-0.39, 0.29) is 41.4 Å². The van der Waals surface area contributed by atoms with E-state index in [2.05, 4.69) is 50.9 Å². The minimum absolute atomic E-state index is 0.0721. The van der Waals surface area contributed by atoms with Crippen LogP contribution in [-0.2, 0) is 17.3 Å². The Morgan fingerprint density at radius 3 is 2.61 bits per heavy atom. The second-order valence-corrected chi connectivity index (χ2v) is 11.1. The molecule has 0 aromatic carbocycles. The quantitative estimate of drug-likeness (QED) is 0.584. The van der Waals surface area contributed by atoms with Gasteiger partial charge in [0.1, 0.15) is 24.0 Å². The summed E-state index contributed by atoms with van der Waals surface area (Å²) in [5.41, 5.74) is 0.277. The number of nitrogens with zero attached hydrogens (tertiary/aromatic N) is 7. The van der Waals surface area contributed by atoms with Gasteiger partial charge in [-0.05, 0) is 39.9 Å². The van der Waals surface area contributed by atoms with E-state index in [4.69, 9.17) is 9.72 Å². The normalized spacial score (nSPS) is 28.4. The number of hydrogen-bond donors (Lipinski definition) is 1. The first-order chi connectivity index (χ1) is 18.1. The van der Waals surface area contributed by atoms with Crippen LogP contribution in [0.4, 0.5) is 36.4 Å². The van der Waals surface area contributed by atoms with Crippen LogP contribution in [0.5, 0.6) is 0 Å². The molecule has 0 radical (unpaired) electrons. The van der Waals surface area contributed by atoms with Gasteiger partial charge in [-0.15, -0.1) is 0 Å². The van der Waals surface area contributed by atoms with Crippen molar-refractivity contribution in [3.8, 4) is 0 Å². The summed E-state index contributed by atoms with van der Waals surface area (Å²) >= 11 is 0. The number of piperazine rings is 1. The number of rotatable bonds is 5. The number of epoxide rings is 1. The van der Waals surface area contributed by atoms with Crippen molar-refractivity contribution in [1.82, 2.24) is 24.8 Å². The minimum Gasteiger partial charge on any atom is -0.367 e. The summed E-state index contributed by atoms with van der Waals surface area (Å²) in [6.45, 7) is 7.74. The molecule has 1 N–H and O–H groups in total. The summed E-state index contributed by atoms with van der Waals surface area (Å²) in [6.07, 6.45) is 1.53. The molecule has 6 rings (SSSR count). The monoisotopic (exact) mass is 532 g/mol. The summed E-state index contributed by atoms with van der Waals surface area (Å²) < 4.78 is 48.4. The molecule has 4 atom stereocenters. The third-order valence-electron chi connectivity index (χ3n) is 8.68. The van der Waals surface area contributed by atoms with Crippen molar-refractivity contribution in [1.29, 1.82) is 0 Å². The Morgan fingerprint density at radius 1 is 1.13 bits per heavy atom. The third kappa shape index (κ3) is 4.26. The fraction of sp³-hybridized carbons (Fsp3) is 0.654. The van der Waals surface area contributed by atoms with Gasteiger partial charge in [0.2, 0.25) is 5.95 Å². The van der Waals surface area contributed by atoms with Crippen molar-refractivity contribution in [2.75, 3.05) is 61.9 Å². The summed E-state index contributed by atoms with van der Waals surface area (Å²) in [7, 11) is 4.06. The molecule has 0 amide bonds. The molecule has 4 aliphatic rings. The number of aromatic nitrogens is 3. The molecule has 0 saturated carbocycles. The molecule has 3 saturated heterocycles. The lowest BCUT2D eigenvalue weighted by Gasteiger charge is -2.45. The van der Waals surface area contributed by atoms with Crippen molar-refractivity contribution in [2.24, 2.45) is 0 Å². The number of halogens is 3. The van der Waals surface area contributed by atoms with E-state index in [0.29, 0.717) is 26.2 Å². The van der Waals surface area contributed by atoms with E-state index in [1.807, 2.05) is 7.05 Å². The first-order valence-electron chi connectivity index (χ1n) is 13.4. The Morgan fingerprint density at radius 2 is 1.89 bits per heavy atom. The summed E-state index contributed by atoms with van der Waals surface area (Å²) in [6, 6.07) is 1.29. The summed E-state index contributed by atoms with van der Waals surface area (Å²) in [5, 5.41) is 2.95. The molecule has 0 aliphatic carbocycles.